The highest BCUT2D eigenvalue weighted by Gasteiger charge is 2.14. The minimum absolute atomic E-state index is 0.627. The van der Waals surface area contributed by atoms with E-state index in [4.69, 9.17) is 24.9 Å². The molecule has 0 bridgehead atoms. The molecule has 9 rings (SSSR count). The summed E-state index contributed by atoms with van der Waals surface area (Å²) in [4.78, 5) is 29.1. The summed E-state index contributed by atoms with van der Waals surface area (Å²) >= 11 is 0. The van der Waals surface area contributed by atoms with Crippen molar-refractivity contribution < 1.29 is 0 Å². The molecule has 0 N–H and O–H groups in total. The molecule has 0 amide bonds. The van der Waals surface area contributed by atoms with Crippen LogP contribution >= 0.6 is 0 Å². The van der Waals surface area contributed by atoms with E-state index in [1.165, 1.54) is 0 Å². The number of pyridine rings is 3. The van der Waals surface area contributed by atoms with E-state index >= 15 is 0 Å². The van der Waals surface area contributed by atoms with E-state index in [0.717, 1.165) is 72.8 Å². The zero-order valence-corrected chi connectivity index (χ0v) is 29.2. The van der Waals surface area contributed by atoms with Crippen LogP contribution in [0.2, 0.25) is 0 Å². The first-order chi connectivity index (χ1) is 26.7. The summed E-state index contributed by atoms with van der Waals surface area (Å²) in [6, 6.07) is 61.6. The zero-order chi connectivity index (χ0) is 36.1. The summed E-state index contributed by atoms with van der Waals surface area (Å²) in [6.07, 6.45) is 3.64. The topological polar surface area (TPSA) is 77.3 Å². The second kappa shape index (κ2) is 14.7. The quantitative estimate of drug-likeness (QED) is 0.158. The molecular formula is C48H32N6. The Hall–Kier alpha value is -7.44. The molecule has 6 heteroatoms. The zero-order valence-electron chi connectivity index (χ0n) is 29.2. The van der Waals surface area contributed by atoms with Gasteiger partial charge in [-0.3, -0.25) is 9.97 Å². The van der Waals surface area contributed by atoms with Gasteiger partial charge in [-0.2, -0.15) is 0 Å². The molecule has 4 aromatic heterocycles. The van der Waals surface area contributed by atoms with Gasteiger partial charge in [0.15, 0.2) is 17.5 Å². The van der Waals surface area contributed by atoms with E-state index < -0.39 is 0 Å². The van der Waals surface area contributed by atoms with Gasteiger partial charge in [-0.05, 0) is 75.8 Å². The predicted molar refractivity (Wildman–Crippen MR) is 217 cm³/mol. The molecule has 0 aliphatic rings. The molecule has 0 saturated carbocycles. The molecule has 9 aromatic rings. The fourth-order valence-electron chi connectivity index (χ4n) is 6.49. The van der Waals surface area contributed by atoms with Crippen LogP contribution < -0.4 is 0 Å². The number of benzene rings is 5. The lowest BCUT2D eigenvalue weighted by Gasteiger charge is -2.11. The van der Waals surface area contributed by atoms with Gasteiger partial charge in [0.1, 0.15) is 0 Å². The number of rotatable bonds is 8. The van der Waals surface area contributed by atoms with Crippen molar-refractivity contribution in [2.75, 3.05) is 0 Å². The van der Waals surface area contributed by atoms with Crippen LogP contribution in [0, 0.1) is 0 Å². The second-order valence-electron chi connectivity index (χ2n) is 12.8. The average molecular weight is 693 g/mol. The Morgan fingerprint density at radius 1 is 0.222 bits per heavy atom. The summed E-state index contributed by atoms with van der Waals surface area (Å²) in [7, 11) is 0. The highest BCUT2D eigenvalue weighted by Crippen LogP contribution is 2.33. The highest BCUT2D eigenvalue weighted by molar-refractivity contribution is 5.78. The Morgan fingerprint density at radius 2 is 0.667 bits per heavy atom. The SMILES string of the molecule is c1ccc(-c2cc(-c3ccccn3)nc(-c3cc(-c4ccc(-c5cccc(-c6nc(-c7ccccc7)nc(-c7ccccc7)n6)c5)cc4)ccn3)c2)cc1. The molecule has 54 heavy (non-hydrogen) atoms. The van der Waals surface area contributed by atoms with Crippen molar-refractivity contribution in [3.05, 3.63) is 194 Å². The summed E-state index contributed by atoms with van der Waals surface area (Å²) in [5, 5.41) is 0. The number of hydrogen-bond acceptors (Lipinski definition) is 6. The maximum absolute atomic E-state index is 5.03. The maximum atomic E-state index is 5.03. The first kappa shape index (κ1) is 32.5. The van der Waals surface area contributed by atoms with E-state index in [1.807, 2.05) is 109 Å². The van der Waals surface area contributed by atoms with Gasteiger partial charge in [-0.25, -0.2) is 19.9 Å². The molecular weight excluding hydrogens is 661 g/mol. The molecule has 0 aliphatic heterocycles. The van der Waals surface area contributed by atoms with Crippen LogP contribution in [0.1, 0.15) is 0 Å². The number of hydrogen-bond donors (Lipinski definition) is 0. The maximum Gasteiger partial charge on any atom is 0.164 e. The lowest BCUT2D eigenvalue weighted by molar-refractivity contribution is 1.07. The van der Waals surface area contributed by atoms with Crippen LogP contribution in [0.25, 0.3) is 90.3 Å². The van der Waals surface area contributed by atoms with Crippen molar-refractivity contribution in [3.8, 4) is 90.3 Å². The summed E-state index contributed by atoms with van der Waals surface area (Å²) in [5.74, 6) is 1.91. The Bertz CT molecular complexity index is 2380. The molecule has 254 valence electrons. The average Bonchev–Trinajstić information content (AvgIpc) is 3.27. The summed E-state index contributed by atoms with van der Waals surface area (Å²) in [5.41, 5.74) is 12.5. The number of aromatic nitrogens is 6. The minimum atomic E-state index is 0.627. The van der Waals surface area contributed by atoms with E-state index in [9.17, 15) is 0 Å². The third kappa shape index (κ3) is 6.92. The van der Waals surface area contributed by atoms with Crippen molar-refractivity contribution in [1.29, 1.82) is 0 Å². The molecule has 5 aromatic carbocycles. The van der Waals surface area contributed by atoms with Gasteiger partial charge in [-0.1, -0.05) is 140 Å². The van der Waals surface area contributed by atoms with Crippen LogP contribution in [0.15, 0.2) is 194 Å². The Balaban J connectivity index is 1.04. The molecule has 0 aliphatic carbocycles. The monoisotopic (exact) mass is 692 g/mol. The van der Waals surface area contributed by atoms with Crippen molar-refractivity contribution in [1.82, 2.24) is 29.9 Å². The van der Waals surface area contributed by atoms with Gasteiger partial charge in [-0.15, -0.1) is 0 Å². The minimum Gasteiger partial charge on any atom is -0.255 e. The molecule has 0 unspecified atom stereocenters. The fourth-order valence-corrected chi connectivity index (χ4v) is 6.49. The summed E-state index contributed by atoms with van der Waals surface area (Å²) < 4.78 is 0. The van der Waals surface area contributed by atoms with Crippen molar-refractivity contribution in [3.63, 3.8) is 0 Å². The Kier molecular flexibility index (Phi) is 8.81. The first-order valence-electron chi connectivity index (χ1n) is 17.8. The number of nitrogens with zero attached hydrogens (tertiary/aromatic N) is 6. The highest BCUT2D eigenvalue weighted by atomic mass is 15.0. The van der Waals surface area contributed by atoms with E-state index in [-0.39, 0.29) is 0 Å². The molecule has 0 atom stereocenters. The van der Waals surface area contributed by atoms with Gasteiger partial charge in [0.05, 0.1) is 22.8 Å². The van der Waals surface area contributed by atoms with Crippen molar-refractivity contribution in [2.24, 2.45) is 0 Å². The smallest absolute Gasteiger partial charge is 0.164 e. The molecule has 6 nitrogen and oxygen atoms in total. The Morgan fingerprint density at radius 3 is 1.26 bits per heavy atom. The van der Waals surface area contributed by atoms with Crippen LogP contribution in [0.3, 0.4) is 0 Å². The van der Waals surface area contributed by atoms with Crippen LogP contribution in [0.5, 0.6) is 0 Å². The van der Waals surface area contributed by atoms with Gasteiger partial charge in [0, 0.05) is 29.1 Å². The van der Waals surface area contributed by atoms with Gasteiger partial charge in [0.2, 0.25) is 0 Å². The third-order valence-corrected chi connectivity index (χ3v) is 9.25. The van der Waals surface area contributed by atoms with Crippen LogP contribution in [0.4, 0.5) is 0 Å². The summed E-state index contributed by atoms with van der Waals surface area (Å²) in [6.45, 7) is 0. The van der Waals surface area contributed by atoms with Crippen LogP contribution in [-0.4, -0.2) is 29.9 Å². The van der Waals surface area contributed by atoms with E-state index in [2.05, 4.69) is 83.8 Å². The first-order valence-corrected chi connectivity index (χ1v) is 17.8. The third-order valence-electron chi connectivity index (χ3n) is 9.25. The van der Waals surface area contributed by atoms with E-state index in [1.54, 1.807) is 6.20 Å². The van der Waals surface area contributed by atoms with Crippen molar-refractivity contribution >= 4 is 0 Å². The van der Waals surface area contributed by atoms with Crippen molar-refractivity contribution in [2.45, 2.75) is 0 Å². The lowest BCUT2D eigenvalue weighted by atomic mass is 9.98. The van der Waals surface area contributed by atoms with E-state index in [0.29, 0.717) is 17.5 Å². The fraction of sp³-hybridized carbons (Fsp3) is 0. The van der Waals surface area contributed by atoms with Gasteiger partial charge in [0.25, 0.3) is 0 Å². The molecule has 0 fully saturated rings. The molecule has 4 heterocycles. The largest absolute Gasteiger partial charge is 0.255 e. The van der Waals surface area contributed by atoms with Gasteiger partial charge < -0.3 is 0 Å². The normalized spacial score (nSPS) is 11.0. The molecule has 0 spiro atoms. The lowest BCUT2D eigenvalue weighted by Crippen LogP contribution is -2.00. The van der Waals surface area contributed by atoms with Crippen LogP contribution in [-0.2, 0) is 0 Å². The standard InChI is InChI=1S/C48H32N6/c1-4-13-33(14-5-1)41-31-44(42-21-10-11-27-49-42)51-45(32-41)43-30-39(26-28-50-43)35-24-22-34(23-25-35)38-19-12-20-40(29-38)48-53-46(36-15-6-2-7-16-36)52-47(54-48)37-17-8-3-9-18-37/h1-32H. The Labute approximate surface area is 313 Å². The predicted octanol–water partition coefficient (Wildman–Crippen LogP) is 11.4. The van der Waals surface area contributed by atoms with Gasteiger partial charge >= 0.3 is 0 Å². The molecule has 0 saturated heterocycles. The molecule has 0 radical (unpaired) electrons. The second-order valence-corrected chi connectivity index (χ2v) is 12.8.